The Morgan fingerprint density at radius 2 is 2.15 bits per heavy atom. The first-order chi connectivity index (χ1) is 12.9. The summed E-state index contributed by atoms with van der Waals surface area (Å²) < 4.78 is 1.65. The smallest absolute Gasteiger partial charge is 0.154 e. The SMILES string of the molecule is CC1(C)C(C(=N)n2c(=N)cnc3[nH]ccc32)C[C@H]1Nc1ccc(C#N)cn1. The van der Waals surface area contributed by atoms with Gasteiger partial charge in [-0.15, -0.1) is 0 Å². The minimum atomic E-state index is -0.183. The summed E-state index contributed by atoms with van der Waals surface area (Å²) >= 11 is 0. The summed E-state index contributed by atoms with van der Waals surface area (Å²) in [6.07, 6.45) is 5.56. The lowest BCUT2D eigenvalue weighted by Gasteiger charge is -2.52. The van der Waals surface area contributed by atoms with Crippen LogP contribution in [0.15, 0.2) is 36.8 Å². The van der Waals surface area contributed by atoms with Crippen molar-refractivity contribution in [2.75, 3.05) is 5.32 Å². The number of aromatic amines is 1. The highest BCUT2D eigenvalue weighted by molar-refractivity contribution is 5.92. The van der Waals surface area contributed by atoms with Crippen molar-refractivity contribution in [3.63, 3.8) is 0 Å². The van der Waals surface area contributed by atoms with Gasteiger partial charge in [0, 0.05) is 24.4 Å². The summed E-state index contributed by atoms with van der Waals surface area (Å²) in [4.78, 5) is 11.5. The van der Waals surface area contributed by atoms with Gasteiger partial charge < -0.3 is 10.3 Å². The van der Waals surface area contributed by atoms with Gasteiger partial charge in [0.15, 0.2) is 5.65 Å². The molecule has 0 bridgehead atoms. The fourth-order valence-electron chi connectivity index (χ4n) is 3.72. The molecule has 4 rings (SSSR count). The van der Waals surface area contributed by atoms with Crippen LogP contribution in [0.2, 0.25) is 0 Å². The van der Waals surface area contributed by atoms with Gasteiger partial charge in [0.25, 0.3) is 0 Å². The van der Waals surface area contributed by atoms with E-state index >= 15 is 0 Å². The summed E-state index contributed by atoms with van der Waals surface area (Å²) in [5.41, 5.74) is 1.96. The molecule has 0 radical (unpaired) electrons. The third-order valence-electron chi connectivity index (χ3n) is 5.55. The highest BCUT2D eigenvalue weighted by Crippen LogP contribution is 2.48. The molecule has 1 aliphatic carbocycles. The van der Waals surface area contributed by atoms with Gasteiger partial charge in [0.05, 0.1) is 17.3 Å². The second-order valence-corrected chi connectivity index (χ2v) is 7.43. The maximum absolute atomic E-state index is 8.88. The number of rotatable bonds is 3. The molecule has 0 saturated heterocycles. The molecule has 1 fully saturated rings. The van der Waals surface area contributed by atoms with Gasteiger partial charge >= 0.3 is 0 Å². The molecule has 8 heteroatoms. The Labute approximate surface area is 155 Å². The third kappa shape index (κ3) is 2.68. The highest BCUT2D eigenvalue weighted by Gasteiger charge is 2.51. The second-order valence-electron chi connectivity index (χ2n) is 7.43. The standard InChI is InChI=1S/C19H20N8/c1-19(2)12(7-14(19)26-16-4-3-11(8-20)9-24-16)17(22)27-13-5-6-23-18(13)25-10-15(27)21/h3-6,9-10,12,14,21-23H,7H2,1-2H3,(H,24,26)/t12?,14-/m1/s1. The van der Waals surface area contributed by atoms with E-state index in [0.29, 0.717) is 17.0 Å². The Morgan fingerprint density at radius 3 is 2.81 bits per heavy atom. The maximum atomic E-state index is 8.88. The van der Waals surface area contributed by atoms with Crippen molar-refractivity contribution in [2.24, 2.45) is 11.3 Å². The van der Waals surface area contributed by atoms with Crippen LogP contribution < -0.4 is 10.8 Å². The topological polar surface area (TPSA) is 130 Å². The van der Waals surface area contributed by atoms with Crippen LogP contribution in [0.3, 0.4) is 0 Å². The third-order valence-corrected chi connectivity index (χ3v) is 5.55. The van der Waals surface area contributed by atoms with Gasteiger partial charge in [-0.25, -0.2) is 9.97 Å². The van der Waals surface area contributed by atoms with Crippen molar-refractivity contribution in [3.8, 4) is 6.07 Å². The normalized spacial score (nSPS) is 20.6. The molecule has 0 aromatic carbocycles. The number of nitrogens with zero attached hydrogens (tertiary/aromatic N) is 4. The van der Waals surface area contributed by atoms with E-state index in [1.807, 2.05) is 6.07 Å². The van der Waals surface area contributed by atoms with E-state index in [1.165, 1.54) is 6.20 Å². The quantitative estimate of drug-likeness (QED) is 0.422. The van der Waals surface area contributed by atoms with E-state index < -0.39 is 0 Å². The van der Waals surface area contributed by atoms with E-state index in [9.17, 15) is 0 Å². The minimum Gasteiger partial charge on any atom is -0.367 e. The van der Waals surface area contributed by atoms with Crippen LogP contribution in [0.25, 0.3) is 11.2 Å². The zero-order valence-corrected chi connectivity index (χ0v) is 15.1. The largest absolute Gasteiger partial charge is 0.367 e. The molecule has 0 aliphatic heterocycles. The summed E-state index contributed by atoms with van der Waals surface area (Å²) in [6.45, 7) is 4.24. The maximum Gasteiger partial charge on any atom is 0.154 e. The molecule has 0 amide bonds. The van der Waals surface area contributed by atoms with Crippen LogP contribution in [0.4, 0.5) is 5.82 Å². The Morgan fingerprint density at radius 1 is 1.33 bits per heavy atom. The number of pyridine rings is 1. The first-order valence-corrected chi connectivity index (χ1v) is 8.73. The zero-order valence-electron chi connectivity index (χ0n) is 15.1. The number of aromatic nitrogens is 4. The molecule has 8 nitrogen and oxygen atoms in total. The van der Waals surface area contributed by atoms with Crippen molar-refractivity contribution >= 4 is 22.8 Å². The first-order valence-electron chi connectivity index (χ1n) is 8.73. The predicted octanol–water partition coefficient (Wildman–Crippen LogP) is 2.46. The lowest BCUT2D eigenvalue weighted by Crippen LogP contribution is -2.58. The van der Waals surface area contributed by atoms with Crippen molar-refractivity contribution in [1.29, 1.82) is 16.1 Å². The first kappa shape index (κ1) is 17.0. The number of H-pyrrole nitrogens is 1. The molecule has 136 valence electrons. The number of nitrogens with one attached hydrogen (secondary N) is 4. The number of hydrogen-bond donors (Lipinski definition) is 4. The lowest BCUT2D eigenvalue weighted by molar-refractivity contribution is 0.100. The van der Waals surface area contributed by atoms with Crippen molar-refractivity contribution < 1.29 is 0 Å². The molecule has 1 saturated carbocycles. The molecular weight excluding hydrogens is 340 g/mol. The average Bonchev–Trinajstić information content (AvgIpc) is 3.13. The number of fused-ring (bicyclic) bond motifs is 1. The Hall–Kier alpha value is -3.47. The fourth-order valence-corrected chi connectivity index (χ4v) is 3.72. The molecule has 1 aliphatic rings. The molecule has 3 aromatic rings. The molecule has 1 unspecified atom stereocenters. The van der Waals surface area contributed by atoms with Gasteiger partial charge in [0.2, 0.25) is 0 Å². The van der Waals surface area contributed by atoms with Gasteiger partial charge in [0.1, 0.15) is 23.2 Å². The van der Waals surface area contributed by atoms with Crippen LogP contribution in [0.5, 0.6) is 0 Å². The van der Waals surface area contributed by atoms with Gasteiger partial charge in [-0.3, -0.25) is 15.4 Å². The molecular formula is C19H20N8. The molecule has 3 aromatic heterocycles. The fraction of sp³-hybridized carbons (Fsp3) is 0.316. The van der Waals surface area contributed by atoms with Gasteiger partial charge in [-0.05, 0) is 30.0 Å². The highest BCUT2D eigenvalue weighted by atomic mass is 15.1. The van der Waals surface area contributed by atoms with E-state index in [2.05, 4.69) is 40.2 Å². The van der Waals surface area contributed by atoms with Crippen LogP contribution in [0, 0.1) is 33.5 Å². The van der Waals surface area contributed by atoms with Crippen molar-refractivity contribution in [3.05, 3.63) is 47.8 Å². The van der Waals surface area contributed by atoms with Crippen molar-refractivity contribution in [1.82, 2.24) is 19.5 Å². The summed E-state index contributed by atoms with van der Waals surface area (Å²) in [5, 5.41) is 29.2. The van der Waals surface area contributed by atoms with Crippen LogP contribution in [0.1, 0.15) is 25.8 Å². The Bertz CT molecular complexity index is 1110. The van der Waals surface area contributed by atoms with E-state index in [4.69, 9.17) is 16.1 Å². The monoisotopic (exact) mass is 360 g/mol. The molecule has 3 heterocycles. The number of hydrogen-bond acceptors (Lipinski definition) is 6. The molecule has 2 atom stereocenters. The van der Waals surface area contributed by atoms with Crippen molar-refractivity contribution in [2.45, 2.75) is 26.3 Å². The van der Waals surface area contributed by atoms with Crippen LogP contribution in [-0.4, -0.2) is 31.4 Å². The van der Waals surface area contributed by atoms with E-state index in [0.717, 1.165) is 17.8 Å². The lowest BCUT2D eigenvalue weighted by atomic mass is 9.58. The minimum absolute atomic E-state index is 0.00276. The number of anilines is 1. The molecule has 27 heavy (non-hydrogen) atoms. The Balaban J connectivity index is 1.56. The van der Waals surface area contributed by atoms with Gasteiger partial charge in [-0.2, -0.15) is 5.26 Å². The Kier molecular flexibility index (Phi) is 3.81. The van der Waals surface area contributed by atoms with E-state index in [-0.39, 0.29) is 22.9 Å². The van der Waals surface area contributed by atoms with E-state index in [1.54, 1.807) is 29.1 Å². The second kappa shape index (κ2) is 6.06. The van der Waals surface area contributed by atoms with Crippen LogP contribution >= 0.6 is 0 Å². The molecule has 4 N–H and O–H groups in total. The summed E-state index contributed by atoms with van der Waals surface area (Å²) in [7, 11) is 0. The average molecular weight is 360 g/mol. The summed E-state index contributed by atoms with van der Waals surface area (Å²) in [6, 6.07) is 7.60. The molecule has 0 spiro atoms. The zero-order chi connectivity index (χ0) is 19.2. The van der Waals surface area contributed by atoms with Gasteiger partial charge in [-0.1, -0.05) is 13.8 Å². The number of nitriles is 1. The predicted molar refractivity (Wildman–Crippen MR) is 101 cm³/mol. The summed E-state index contributed by atoms with van der Waals surface area (Å²) in [5.74, 6) is 1.13. The van der Waals surface area contributed by atoms with Crippen LogP contribution in [-0.2, 0) is 0 Å².